The molecular weight excluding hydrogens is 598 g/mol. The van der Waals surface area contributed by atoms with Gasteiger partial charge in [0.1, 0.15) is 10.7 Å². The Morgan fingerprint density at radius 3 is 2.00 bits per heavy atom. The number of benzene rings is 4. The average Bonchev–Trinajstić information content (AvgIpc) is 3.41. The van der Waals surface area contributed by atoms with Crippen LogP contribution in [0.15, 0.2) is 120 Å². The van der Waals surface area contributed by atoms with Gasteiger partial charge in [-0.05, 0) is 34.9 Å². The van der Waals surface area contributed by atoms with E-state index in [2.05, 4.69) is 35.2 Å². The normalized spacial score (nSPS) is 14.6. The number of thiazole rings is 1. The second kappa shape index (κ2) is 13.6. The van der Waals surface area contributed by atoms with Gasteiger partial charge in [0, 0.05) is 38.3 Å². The Balaban J connectivity index is 1.36. The number of aromatic nitrogens is 1. The van der Waals surface area contributed by atoms with Gasteiger partial charge in [0.15, 0.2) is 5.57 Å². The zero-order valence-electron chi connectivity index (χ0n) is 24.7. The van der Waals surface area contributed by atoms with Crippen LogP contribution in [0.25, 0.3) is 17.3 Å². The van der Waals surface area contributed by atoms with Crippen LogP contribution in [0, 0.1) is 21.4 Å². The molecule has 0 atom stereocenters. The SMILES string of the molecule is N#C/C(C(=O)N1CCN(C(c2ccccc2)c2ccccc2)CC1)=c1/s/c(=C\c2cccc([N+](=O)[O-])c2)c(=O)n1-c1ccccc1. The van der Waals surface area contributed by atoms with Crippen LogP contribution in [0.4, 0.5) is 5.69 Å². The summed E-state index contributed by atoms with van der Waals surface area (Å²) in [4.78, 5) is 42.6. The van der Waals surface area contributed by atoms with Crippen molar-refractivity contribution < 1.29 is 9.72 Å². The second-order valence-electron chi connectivity index (χ2n) is 10.8. The van der Waals surface area contributed by atoms with E-state index in [1.165, 1.54) is 16.7 Å². The van der Waals surface area contributed by atoms with Gasteiger partial charge < -0.3 is 4.90 Å². The number of carbonyl (C=O) groups is 1. The van der Waals surface area contributed by atoms with E-state index in [9.17, 15) is 25.0 Å². The Morgan fingerprint density at radius 2 is 1.43 bits per heavy atom. The molecule has 0 aliphatic carbocycles. The van der Waals surface area contributed by atoms with Crippen LogP contribution in [0.2, 0.25) is 0 Å². The van der Waals surface area contributed by atoms with Crippen molar-refractivity contribution in [3.63, 3.8) is 0 Å². The summed E-state index contributed by atoms with van der Waals surface area (Å²) < 4.78 is 1.84. The summed E-state index contributed by atoms with van der Waals surface area (Å²) in [6, 6.07) is 37.4. The van der Waals surface area contributed by atoms with Crippen LogP contribution < -0.4 is 14.8 Å². The van der Waals surface area contributed by atoms with Gasteiger partial charge in [-0.15, -0.1) is 11.3 Å². The minimum atomic E-state index is -0.499. The summed E-state index contributed by atoms with van der Waals surface area (Å²) in [6.45, 7) is 2.02. The van der Waals surface area contributed by atoms with E-state index in [0.717, 1.165) is 22.5 Å². The molecule has 2 heterocycles. The Morgan fingerprint density at radius 1 is 0.848 bits per heavy atom. The molecule has 0 saturated carbocycles. The predicted molar refractivity (Wildman–Crippen MR) is 178 cm³/mol. The molecule has 1 saturated heterocycles. The number of nitrogens with zero attached hydrogens (tertiary/aromatic N) is 5. The second-order valence-corrected chi connectivity index (χ2v) is 11.8. The lowest BCUT2D eigenvalue weighted by Gasteiger charge is -2.39. The van der Waals surface area contributed by atoms with E-state index in [0.29, 0.717) is 37.4 Å². The zero-order chi connectivity index (χ0) is 32.0. The maximum atomic E-state index is 14.0. The molecular formula is C36H29N5O4S. The summed E-state index contributed by atoms with van der Waals surface area (Å²) in [5.41, 5.74) is 2.65. The van der Waals surface area contributed by atoms with Crippen LogP contribution in [0.1, 0.15) is 22.7 Å². The molecule has 1 aliphatic heterocycles. The Hall–Kier alpha value is -5.63. The predicted octanol–water partition coefficient (Wildman–Crippen LogP) is 4.24. The molecule has 4 aromatic carbocycles. The Kier molecular flexibility index (Phi) is 8.96. The van der Waals surface area contributed by atoms with E-state index in [-0.39, 0.29) is 26.5 Å². The van der Waals surface area contributed by atoms with Crippen molar-refractivity contribution in [2.75, 3.05) is 26.2 Å². The molecule has 6 rings (SSSR count). The minimum Gasteiger partial charge on any atom is -0.335 e. The fourth-order valence-corrected chi connectivity index (χ4v) is 6.85. The lowest BCUT2D eigenvalue weighted by molar-refractivity contribution is -0.384. The van der Waals surface area contributed by atoms with Crippen molar-refractivity contribution in [2.24, 2.45) is 0 Å². The first-order valence-electron chi connectivity index (χ1n) is 14.8. The minimum absolute atomic E-state index is 0.0199. The molecule has 0 spiro atoms. The number of para-hydroxylation sites is 1. The molecule has 0 bridgehead atoms. The maximum Gasteiger partial charge on any atom is 0.273 e. The first kappa shape index (κ1) is 30.4. The molecule has 1 amide bonds. The third-order valence-corrected chi connectivity index (χ3v) is 9.05. The van der Waals surface area contributed by atoms with E-state index in [1.807, 2.05) is 42.5 Å². The van der Waals surface area contributed by atoms with Crippen molar-refractivity contribution in [1.29, 1.82) is 5.26 Å². The highest BCUT2D eigenvalue weighted by Crippen LogP contribution is 2.29. The van der Waals surface area contributed by atoms with Gasteiger partial charge in [-0.1, -0.05) is 91.0 Å². The van der Waals surface area contributed by atoms with Crippen molar-refractivity contribution in [3.8, 4) is 11.8 Å². The molecule has 5 aromatic rings. The van der Waals surface area contributed by atoms with Gasteiger partial charge in [0.2, 0.25) is 0 Å². The molecule has 0 radical (unpaired) electrons. The topological polar surface area (TPSA) is 112 Å². The smallest absolute Gasteiger partial charge is 0.273 e. The monoisotopic (exact) mass is 627 g/mol. The highest BCUT2D eigenvalue weighted by Gasteiger charge is 2.30. The van der Waals surface area contributed by atoms with Gasteiger partial charge in [-0.2, -0.15) is 5.26 Å². The summed E-state index contributed by atoms with van der Waals surface area (Å²) in [5.74, 6) is -0.439. The van der Waals surface area contributed by atoms with Crippen molar-refractivity contribution in [3.05, 3.63) is 162 Å². The fourth-order valence-electron chi connectivity index (χ4n) is 5.75. The average molecular weight is 628 g/mol. The van der Waals surface area contributed by atoms with Crippen LogP contribution in [0.3, 0.4) is 0 Å². The molecule has 10 heteroatoms. The first-order valence-corrected chi connectivity index (χ1v) is 15.6. The number of amides is 1. The summed E-state index contributed by atoms with van der Waals surface area (Å²) in [5, 5.41) is 21.7. The third-order valence-electron chi connectivity index (χ3n) is 7.95. The van der Waals surface area contributed by atoms with Crippen molar-refractivity contribution in [1.82, 2.24) is 14.4 Å². The van der Waals surface area contributed by atoms with E-state index >= 15 is 0 Å². The molecule has 46 heavy (non-hydrogen) atoms. The Labute approximate surface area is 269 Å². The number of carbonyl (C=O) groups excluding carboxylic acids is 1. The number of rotatable bonds is 7. The lowest BCUT2D eigenvalue weighted by atomic mass is 9.96. The van der Waals surface area contributed by atoms with Gasteiger partial charge in [0.05, 0.1) is 21.2 Å². The van der Waals surface area contributed by atoms with Gasteiger partial charge in [0.25, 0.3) is 17.2 Å². The quantitative estimate of drug-likeness (QED) is 0.197. The van der Waals surface area contributed by atoms with Crippen LogP contribution in [0.5, 0.6) is 0 Å². The summed E-state index contributed by atoms with van der Waals surface area (Å²) in [6.07, 6.45) is 1.55. The third kappa shape index (κ3) is 6.28. The lowest BCUT2D eigenvalue weighted by Crippen LogP contribution is -2.50. The summed E-state index contributed by atoms with van der Waals surface area (Å²) in [7, 11) is 0. The maximum absolute atomic E-state index is 14.0. The van der Waals surface area contributed by atoms with E-state index in [4.69, 9.17) is 0 Å². The number of piperazine rings is 1. The van der Waals surface area contributed by atoms with E-state index < -0.39 is 16.4 Å². The van der Waals surface area contributed by atoms with Crippen molar-refractivity contribution >= 4 is 34.6 Å². The van der Waals surface area contributed by atoms with E-state index in [1.54, 1.807) is 47.4 Å². The van der Waals surface area contributed by atoms with Crippen molar-refractivity contribution in [2.45, 2.75) is 6.04 Å². The van der Waals surface area contributed by atoms with Gasteiger partial charge in [-0.25, -0.2) is 0 Å². The first-order chi connectivity index (χ1) is 22.4. The standard InChI is InChI=1S/C36H29N5O4S/c37-25-31(34(42)39-21-19-38(20-22-39)33(27-12-4-1-5-13-27)28-14-6-2-7-15-28)36-40(29-16-8-3-9-17-29)35(43)32(46-36)24-26-11-10-18-30(23-26)41(44)45/h1-18,23-24,33H,19-22H2/b32-24-,36-31-. The fraction of sp³-hybridized carbons (Fsp3) is 0.139. The van der Waals surface area contributed by atoms with Crippen LogP contribution in [-0.4, -0.2) is 51.4 Å². The highest BCUT2D eigenvalue weighted by atomic mass is 32.1. The molecule has 1 fully saturated rings. The summed E-state index contributed by atoms with van der Waals surface area (Å²) >= 11 is 1.02. The number of nitro benzene ring substituents is 1. The zero-order valence-corrected chi connectivity index (χ0v) is 25.5. The molecule has 0 N–H and O–H groups in total. The van der Waals surface area contributed by atoms with Crippen LogP contribution in [-0.2, 0) is 4.79 Å². The largest absolute Gasteiger partial charge is 0.335 e. The number of non-ortho nitro benzene ring substituents is 1. The number of hydrogen-bond acceptors (Lipinski definition) is 7. The molecule has 0 unspecified atom stereocenters. The molecule has 228 valence electrons. The van der Waals surface area contributed by atoms with Gasteiger partial charge >= 0.3 is 0 Å². The van der Waals surface area contributed by atoms with Gasteiger partial charge in [-0.3, -0.25) is 29.2 Å². The Bertz CT molecular complexity index is 2060. The molecule has 1 aromatic heterocycles. The molecule has 1 aliphatic rings. The number of nitro groups is 1. The number of hydrogen-bond donors (Lipinski definition) is 0. The highest BCUT2D eigenvalue weighted by molar-refractivity contribution is 7.07. The molecule has 9 nitrogen and oxygen atoms in total. The van der Waals surface area contributed by atoms with Crippen LogP contribution >= 0.6 is 11.3 Å². The number of nitriles is 1.